The first-order valence-corrected chi connectivity index (χ1v) is 7.54. The number of benzene rings is 2. The van der Waals surface area contributed by atoms with Crippen molar-refractivity contribution in [3.8, 4) is 0 Å². The van der Waals surface area contributed by atoms with Gasteiger partial charge in [0.2, 0.25) is 0 Å². The van der Waals surface area contributed by atoms with E-state index < -0.39 is 0 Å². The molecule has 1 aliphatic rings. The molecular weight excluding hydrogens is 361 g/mol. The molecule has 0 aliphatic carbocycles. The Bertz CT molecular complexity index is 691. The van der Waals surface area contributed by atoms with Crippen LogP contribution in [0.2, 0.25) is 0 Å². The fraction of sp³-hybridized carbons (Fsp3) is 0.118. The molecule has 0 saturated carbocycles. The van der Waals surface area contributed by atoms with E-state index in [1.165, 1.54) is 0 Å². The van der Waals surface area contributed by atoms with Gasteiger partial charge in [-0.1, -0.05) is 30.3 Å². The van der Waals surface area contributed by atoms with Gasteiger partial charge in [0.15, 0.2) is 5.78 Å². The number of anilines is 1. The lowest BCUT2D eigenvalue weighted by Gasteiger charge is -2.28. The third kappa shape index (κ3) is 2.50. The van der Waals surface area contributed by atoms with Crippen molar-refractivity contribution in [2.24, 2.45) is 0 Å². The molecule has 0 saturated heterocycles. The Labute approximate surface area is 132 Å². The van der Waals surface area contributed by atoms with Gasteiger partial charge in [0.05, 0.1) is 0 Å². The average Bonchev–Trinajstić information content (AvgIpc) is 2.45. The zero-order valence-electron chi connectivity index (χ0n) is 11.1. The van der Waals surface area contributed by atoms with Gasteiger partial charge < -0.3 is 4.90 Å². The Morgan fingerprint density at radius 3 is 2.65 bits per heavy atom. The number of likely N-dealkylation sites (N-methyl/N-ethyl adjacent to an activating group) is 1. The minimum absolute atomic E-state index is 0.139. The molecular formula is C17H14INO. The molecule has 3 rings (SSSR count). The normalized spacial score (nSPS) is 16.4. The lowest BCUT2D eigenvalue weighted by Crippen LogP contribution is -2.30. The highest BCUT2D eigenvalue weighted by Gasteiger charge is 2.25. The minimum Gasteiger partial charge on any atom is -0.370 e. The van der Waals surface area contributed by atoms with Crippen molar-refractivity contribution in [2.75, 3.05) is 18.5 Å². The van der Waals surface area contributed by atoms with Gasteiger partial charge >= 0.3 is 0 Å². The van der Waals surface area contributed by atoms with Gasteiger partial charge in [-0.15, -0.1) is 0 Å². The molecule has 20 heavy (non-hydrogen) atoms. The van der Waals surface area contributed by atoms with Crippen LogP contribution in [0, 0.1) is 3.57 Å². The maximum atomic E-state index is 12.6. The molecule has 0 bridgehead atoms. The maximum absolute atomic E-state index is 12.6. The van der Waals surface area contributed by atoms with Gasteiger partial charge in [0.25, 0.3) is 0 Å². The van der Waals surface area contributed by atoms with Gasteiger partial charge in [0, 0.05) is 34.0 Å². The summed E-state index contributed by atoms with van der Waals surface area (Å²) in [5, 5.41) is 0. The van der Waals surface area contributed by atoms with Crippen molar-refractivity contribution < 1.29 is 4.79 Å². The van der Waals surface area contributed by atoms with E-state index in [-0.39, 0.29) is 5.78 Å². The molecule has 0 N–H and O–H groups in total. The van der Waals surface area contributed by atoms with E-state index in [1.54, 1.807) is 0 Å². The average molecular weight is 375 g/mol. The molecule has 0 aromatic heterocycles. The van der Waals surface area contributed by atoms with Crippen LogP contribution in [0.4, 0.5) is 5.69 Å². The number of carbonyl (C=O) groups excluding carboxylic acids is 1. The standard InChI is InChI=1S/C17H14INO/c1-19-11-13(9-12-5-3-2-4-6-12)17(20)15-10-14(18)7-8-16(15)19/h2-10H,11H2,1H3/b13-9+. The van der Waals surface area contributed by atoms with E-state index in [4.69, 9.17) is 0 Å². The number of carbonyl (C=O) groups is 1. The second-order valence-corrected chi connectivity index (χ2v) is 6.17. The SMILES string of the molecule is CN1C/C(=C\c2ccccc2)C(=O)c2cc(I)ccc21. The van der Waals surface area contributed by atoms with E-state index in [0.717, 1.165) is 26.0 Å². The number of hydrogen-bond donors (Lipinski definition) is 0. The summed E-state index contributed by atoms with van der Waals surface area (Å²) in [6.07, 6.45) is 1.99. The van der Waals surface area contributed by atoms with Gasteiger partial charge in [-0.3, -0.25) is 4.79 Å². The summed E-state index contributed by atoms with van der Waals surface area (Å²) in [4.78, 5) is 14.7. The Kier molecular flexibility index (Phi) is 3.61. The van der Waals surface area contributed by atoms with Gasteiger partial charge in [-0.2, -0.15) is 0 Å². The first-order chi connectivity index (χ1) is 9.65. The molecule has 3 heteroatoms. The number of rotatable bonds is 1. The number of halogens is 1. The van der Waals surface area contributed by atoms with Gasteiger partial charge in [0.1, 0.15) is 0 Å². The summed E-state index contributed by atoms with van der Waals surface area (Å²) in [5.74, 6) is 0.139. The molecule has 100 valence electrons. The maximum Gasteiger partial charge on any atom is 0.192 e. The first-order valence-electron chi connectivity index (χ1n) is 6.46. The predicted octanol–water partition coefficient (Wildman–Crippen LogP) is 4.01. The fourth-order valence-corrected chi connectivity index (χ4v) is 2.96. The summed E-state index contributed by atoms with van der Waals surface area (Å²) >= 11 is 2.24. The fourth-order valence-electron chi connectivity index (χ4n) is 2.47. The highest BCUT2D eigenvalue weighted by atomic mass is 127. The highest BCUT2D eigenvalue weighted by molar-refractivity contribution is 14.1. The zero-order chi connectivity index (χ0) is 14.1. The molecule has 0 spiro atoms. The molecule has 0 fully saturated rings. The van der Waals surface area contributed by atoms with Crippen molar-refractivity contribution in [3.05, 3.63) is 68.8 Å². The monoisotopic (exact) mass is 375 g/mol. The Morgan fingerprint density at radius 2 is 1.90 bits per heavy atom. The molecule has 2 nitrogen and oxygen atoms in total. The van der Waals surface area contributed by atoms with Crippen LogP contribution in [0.3, 0.4) is 0 Å². The number of ketones is 1. The van der Waals surface area contributed by atoms with Crippen LogP contribution in [0.5, 0.6) is 0 Å². The van der Waals surface area contributed by atoms with E-state index in [9.17, 15) is 4.79 Å². The lowest BCUT2D eigenvalue weighted by atomic mass is 9.95. The Hall–Kier alpha value is -1.62. The molecule has 1 heterocycles. The summed E-state index contributed by atoms with van der Waals surface area (Å²) in [7, 11) is 2.02. The lowest BCUT2D eigenvalue weighted by molar-refractivity contribution is 0.103. The zero-order valence-corrected chi connectivity index (χ0v) is 13.3. The van der Waals surface area contributed by atoms with Crippen molar-refractivity contribution in [1.29, 1.82) is 0 Å². The van der Waals surface area contributed by atoms with Gasteiger partial charge in [-0.25, -0.2) is 0 Å². The number of fused-ring (bicyclic) bond motifs is 1. The van der Waals surface area contributed by atoms with Gasteiger partial charge in [-0.05, 0) is 52.4 Å². The van der Waals surface area contributed by atoms with Crippen LogP contribution in [0.15, 0.2) is 54.1 Å². The summed E-state index contributed by atoms with van der Waals surface area (Å²) in [6, 6.07) is 16.0. The first kappa shape index (κ1) is 13.4. The summed E-state index contributed by atoms with van der Waals surface area (Å²) in [6.45, 7) is 0.654. The minimum atomic E-state index is 0.139. The quantitative estimate of drug-likeness (QED) is 0.555. The largest absolute Gasteiger partial charge is 0.370 e. The van der Waals surface area contributed by atoms with Crippen molar-refractivity contribution in [1.82, 2.24) is 0 Å². The Morgan fingerprint density at radius 1 is 1.15 bits per heavy atom. The van der Waals surface area contributed by atoms with E-state index >= 15 is 0 Å². The van der Waals surface area contributed by atoms with Crippen molar-refractivity contribution in [3.63, 3.8) is 0 Å². The number of Topliss-reactive ketones (excluding diaryl/α,β-unsaturated/α-hetero) is 1. The molecule has 2 aromatic carbocycles. The molecule has 0 atom stereocenters. The van der Waals surface area contributed by atoms with Crippen molar-refractivity contribution in [2.45, 2.75) is 0 Å². The van der Waals surface area contributed by atoms with Crippen molar-refractivity contribution >= 4 is 40.1 Å². The second-order valence-electron chi connectivity index (χ2n) is 4.93. The smallest absolute Gasteiger partial charge is 0.192 e. The summed E-state index contributed by atoms with van der Waals surface area (Å²) < 4.78 is 1.09. The van der Waals surface area contributed by atoms with E-state index in [2.05, 4.69) is 27.5 Å². The number of hydrogen-bond acceptors (Lipinski definition) is 2. The number of nitrogens with zero attached hydrogens (tertiary/aromatic N) is 1. The molecule has 1 aliphatic heterocycles. The predicted molar refractivity (Wildman–Crippen MR) is 91.2 cm³/mol. The van der Waals surface area contributed by atoms with Crippen LogP contribution in [0.1, 0.15) is 15.9 Å². The van der Waals surface area contributed by atoms with Crippen LogP contribution in [-0.2, 0) is 0 Å². The third-order valence-corrected chi connectivity index (χ3v) is 4.13. The summed E-state index contributed by atoms with van der Waals surface area (Å²) in [5.41, 5.74) is 3.72. The third-order valence-electron chi connectivity index (χ3n) is 3.45. The molecule has 0 amide bonds. The highest BCUT2D eigenvalue weighted by Crippen LogP contribution is 2.30. The van der Waals surface area contributed by atoms with Crippen LogP contribution in [0.25, 0.3) is 6.08 Å². The molecule has 2 aromatic rings. The van der Waals surface area contributed by atoms with Crippen LogP contribution >= 0.6 is 22.6 Å². The Balaban J connectivity index is 2.05. The van der Waals surface area contributed by atoms with Crippen LogP contribution < -0.4 is 4.90 Å². The molecule has 0 unspecified atom stereocenters. The van der Waals surface area contributed by atoms with Crippen LogP contribution in [-0.4, -0.2) is 19.4 Å². The van der Waals surface area contributed by atoms with E-state index in [0.29, 0.717) is 6.54 Å². The molecule has 0 radical (unpaired) electrons. The second kappa shape index (κ2) is 5.40. The topological polar surface area (TPSA) is 20.3 Å². The van der Waals surface area contributed by atoms with E-state index in [1.807, 2.05) is 61.7 Å².